The fourth-order valence-corrected chi connectivity index (χ4v) is 4.29. The predicted octanol–water partition coefficient (Wildman–Crippen LogP) is 0.358. The third-order valence-corrected chi connectivity index (χ3v) is 6.04. The normalized spacial score (nSPS) is 21.9. The Labute approximate surface area is 199 Å². The summed E-state index contributed by atoms with van der Waals surface area (Å²) in [4.78, 5) is 21.3. The minimum atomic E-state index is -1.47. The molecule has 182 valence electrons. The highest BCUT2D eigenvalue weighted by Gasteiger charge is 2.47. The average molecular weight is 479 g/mol. The van der Waals surface area contributed by atoms with E-state index in [1.54, 1.807) is 47.9 Å². The van der Waals surface area contributed by atoms with Crippen molar-refractivity contribution in [1.29, 1.82) is 0 Å². The van der Waals surface area contributed by atoms with Crippen molar-refractivity contribution >= 4 is 22.8 Å². The number of aliphatic hydroxyl groups is 2. The van der Waals surface area contributed by atoms with Crippen LogP contribution < -0.4 is 15.8 Å². The molecule has 1 saturated heterocycles. The van der Waals surface area contributed by atoms with Crippen LogP contribution in [0.1, 0.15) is 11.8 Å². The molecule has 12 heteroatoms. The first-order chi connectivity index (χ1) is 16.9. The van der Waals surface area contributed by atoms with Gasteiger partial charge in [-0.2, -0.15) is 5.10 Å². The Bertz CT molecular complexity index is 1380. The van der Waals surface area contributed by atoms with Gasteiger partial charge in [0, 0.05) is 37.1 Å². The number of hydrogen-bond donors (Lipinski definition) is 4. The number of nitrogens with one attached hydrogen (secondary N) is 1. The Morgan fingerprint density at radius 3 is 2.77 bits per heavy atom. The zero-order valence-electron chi connectivity index (χ0n) is 19.1. The Hall–Kier alpha value is -4.00. The van der Waals surface area contributed by atoms with Crippen molar-refractivity contribution in [2.75, 3.05) is 12.8 Å². The summed E-state index contributed by atoms with van der Waals surface area (Å²) in [5.74, 6) is 0.283. The van der Waals surface area contributed by atoms with E-state index in [0.717, 1.165) is 5.56 Å². The number of fused-ring (bicyclic) bond motifs is 1. The summed E-state index contributed by atoms with van der Waals surface area (Å²) >= 11 is 0. The number of aliphatic hydroxyl groups excluding tert-OH is 2. The number of nitrogens with zero attached hydrogens (tertiary/aromatic N) is 5. The molecule has 5 N–H and O–H groups in total. The van der Waals surface area contributed by atoms with E-state index in [1.807, 2.05) is 18.2 Å². The van der Waals surface area contributed by atoms with Crippen molar-refractivity contribution in [2.24, 2.45) is 7.05 Å². The molecule has 3 aromatic heterocycles. The highest BCUT2D eigenvalue weighted by molar-refractivity contribution is 5.99. The summed E-state index contributed by atoms with van der Waals surface area (Å²) in [6.45, 7) is 0.163. The van der Waals surface area contributed by atoms with Crippen molar-refractivity contribution in [3.8, 4) is 17.0 Å². The second kappa shape index (κ2) is 8.98. The molecule has 4 heterocycles. The van der Waals surface area contributed by atoms with Gasteiger partial charge in [-0.05, 0) is 12.1 Å². The Morgan fingerprint density at radius 2 is 2.03 bits per heavy atom. The van der Waals surface area contributed by atoms with Gasteiger partial charge in [-0.25, -0.2) is 9.97 Å². The summed E-state index contributed by atoms with van der Waals surface area (Å²) in [7, 11) is 3.33. The van der Waals surface area contributed by atoms with Crippen molar-refractivity contribution in [3.63, 3.8) is 0 Å². The first-order valence-electron chi connectivity index (χ1n) is 10.9. The number of para-hydroxylation sites is 1. The van der Waals surface area contributed by atoms with Gasteiger partial charge < -0.3 is 35.3 Å². The van der Waals surface area contributed by atoms with Gasteiger partial charge in [0.25, 0.3) is 5.91 Å². The number of carbonyl (C=O) groups excluding carboxylic acids is 1. The molecule has 0 aliphatic carbocycles. The Morgan fingerprint density at radius 1 is 1.23 bits per heavy atom. The second-order valence-electron chi connectivity index (χ2n) is 8.24. The van der Waals surface area contributed by atoms with E-state index in [-0.39, 0.29) is 12.4 Å². The molecule has 0 radical (unpaired) electrons. The van der Waals surface area contributed by atoms with Gasteiger partial charge in [0.2, 0.25) is 0 Å². The molecule has 1 amide bonds. The number of carbonyl (C=O) groups is 1. The molecule has 0 saturated carbocycles. The van der Waals surface area contributed by atoms with E-state index in [2.05, 4.69) is 20.4 Å². The van der Waals surface area contributed by atoms with Crippen molar-refractivity contribution in [1.82, 2.24) is 29.6 Å². The van der Waals surface area contributed by atoms with Crippen molar-refractivity contribution in [3.05, 3.63) is 54.6 Å². The SMILES string of the molecule is COc1ccccc1CNC(=O)[C@H]1O[C@@H](n2cc(-c3ccn(C)n3)c3c(N)ncnc32)[C@H](O)[C@@H]1O. The molecule has 12 nitrogen and oxygen atoms in total. The molecule has 35 heavy (non-hydrogen) atoms. The minimum Gasteiger partial charge on any atom is -0.496 e. The first kappa shape index (κ1) is 22.8. The highest BCUT2D eigenvalue weighted by Crippen LogP contribution is 2.38. The summed E-state index contributed by atoms with van der Waals surface area (Å²) in [6.07, 6.45) is -0.515. The van der Waals surface area contributed by atoms with E-state index in [0.29, 0.717) is 28.0 Å². The number of benzene rings is 1. The standard InChI is InChI=1S/C23H25N7O5/c1-29-8-7-14(28-29)13-10-30(21-16(13)20(24)26-11-27-21)23-18(32)17(31)19(35-23)22(33)25-9-12-5-3-4-6-15(12)34-2/h3-8,10-11,17-19,23,31-32H,9H2,1-2H3,(H,25,33)(H2,24,26,27)/t17-,18+,19-,23+/m0/s1. The van der Waals surface area contributed by atoms with Crippen LogP contribution in [-0.2, 0) is 23.1 Å². The Balaban J connectivity index is 1.43. The highest BCUT2D eigenvalue weighted by atomic mass is 16.6. The van der Waals surface area contributed by atoms with Crippen LogP contribution in [0.3, 0.4) is 0 Å². The molecule has 1 fully saturated rings. The Kier molecular flexibility index (Phi) is 5.84. The smallest absolute Gasteiger partial charge is 0.252 e. The van der Waals surface area contributed by atoms with E-state index >= 15 is 0 Å². The number of rotatable bonds is 6. The first-order valence-corrected chi connectivity index (χ1v) is 10.9. The number of nitrogen functional groups attached to an aromatic ring is 1. The van der Waals surface area contributed by atoms with Crippen LogP contribution in [0.15, 0.2) is 49.1 Å². The van der Waals surface area contributed by atoms with Gasteiger partial charge >= 0.3 is 0 Å². The third-order valence-electron chi connectivity index (χ3n) is 6.04. The molecule has 0 unspecified atom stereocenters. The number of anilines is 1. The summed E-state index contributed by atoms with van der Waals surface area (Å²) in [5.41, 5.74) is 8.54. The quantitative estimate of drug-likeness (QED) is 0.306. The van der Waals surface area contributed by atoms with Gasteiger partial charge in [0.15, 0.2) is 12.3 Å². The van der Waals surface area contributed by atoms with E-state index in [4.69, 9.17) is 15.2 Å². The largest absolute Gasteiger partial charge is 0.496 e. The number of aryl methyl sites for hydroxylation is 1. The lowest BCUT2D eigenvalue weighted by atomic mass is 10.1. The zero-order valence-corrected chi connectivity index (χ0v) is 19.1. The lowest BCUT2D eigenvalue weighted by Crippen LogP contribution is -2.42. The molecule has 1 aliphatic rings. The van der Waals surface area contributed by atoms with Gasteiger partial charge in [0.05, 0.1) is 18.2 Å². The molecule has 0 spiro atoms. The van der Waals surface area contributed by atoms with E-state index in [1.165, 1.54) is 6.33 Å². The van der Waals surface area contributed by atoms with Crippen molar-refractivity contribution in [2.45, 2.75) is 31.1 Å². The second-order valence-corrected chi connectivity index (χ2v) is 8.24. The minimum absolute atomic E-state index is 0.163. The maximum atomic E-state index is 12.9. The molecule has 0 bridgehead atoms. The number of hydrogen-bond acceptors (Lipinski definition) is 9. The number of aromatic nitrogens is 5. The summed E-state index contributed by atoms with van der Waals surface area (Å²) in [5, 5.41) is 29.2. The van der Waals surface area contributed by atoms with Crippen LogP contribution in [0.25, 0.3) is 22.3 Å². The number of methoxy groups -OCH3 is 1. The van der Waals surface area contributed by atoms with Gasteiger partial charge in [-0.3, -0.25) is 9.48 Å². The van der Waals surface area contributed by atoms with Crippen LogP contribution in [0, 0.1) is 0 Å². The lowest BCUT2D eigenvalue weighted by Gasteiger charge is -2.17. The molecule has 1 aromatic carbocycles. The molecule has 4 aromatic rings. The third kappa shape index (κ3) is 3.97. The average Bonchev–Trinajstić information content (AvgIpc) is 3.54. The zero-order chi connectivity index (χ0) is 24.7. The van der Waals surface area contributed by atoms with Gasteiger partial charge in [0.1, 0.15) is 35.7 Å². The number of amides is 1. The maximum Gasteiger partial charge on any atom is 0.252 e. The summed E-state index contributed by atoms with van der Waals surface area (Å²) < 4.78 is 14.4. The van der Waals surface area contributed by atoms with Crippen LogP contribution in [0.4, 0.5) is 5.82 Å². The predicted molar refractivity (Wildman–Crippen MR) is 125 cm³/mol. The molecular weight excluding hydrogens is 454 g/mol. The van der Waals surface area contributed by atoms with Crippen LogP contribution in [0.2, 0.25) is 0 Å². The topological polar surface area (TPSA) is 163 Å². The maximum absolute atomic E-state index is 12.9. The fourth-order valence-electron chi connectivity index (χ4n) is 4.29. The molecule has 4 atom stereocenters. The van der Waals surface area contributed by atoms with Crippen molar-refractivity contribution < 1.29 is 24.5 Å². The number of nitrogens with two attached hydrogens (primary N) is 1. The monoisotopic (exact) mass is 479 g/mol. The van der Waals surface area contributed by atoms with Gasteiger partial charge in [-0.1, -0.05) is 18.2 Å². The van der Waals surface area contributed by atoms with Crippen LogP contribution >= 0.6 is 0 Å². The summed E-state index contributed by atoms with van der Waals surface area (Å²) in [6, 6.07) is 9.06. The molecular formula is C23H25N7O5. The molecule has 1 aliphatic heterocycles. The van der Waals surface area contributed by atoms with Crippen LogP contribution in [0.5, 0.6) is 5.75 Å². The molecule has 5 rings (SSSR count). The lowest BCUT2D eigenvalue weighted by molar-refractivity contribution is -0.137. The fraction of sp³-hybridized carbons (Fsp3) is 0.304. The van der Waals surface area contributed by atoms with Gasteiger partial charge in [-0.15, -0.1) is 0 Å². The van der Waals surface area contributed by atoms with Crippen LogP contribution in [-0.4, -0.2) is 65.9 Å². The van der Waals surface area contributed by atoms with E-state index < -0.39 is 30.4 Å². The van der Waals surface area contributed by atoms with E-state index in [9.17, 15) is 15.0 Å². The number of ether oxygens (including phenoxy) is 2.